The molecule has 0 aliphatic heterocycles. The molecule has 5 heteroatoms. The average molecular weight is 315 g/mol. The molecule has 2 aromatic rings. The molecule has 0 radical (unpaired) electrons. The van der Waals surface area contributed by atoms with E-state index in [1.54, 1.807) is 32.9 Å². The second-order valence-electron chi connectivity index (χ2n) is 6.48. The SMILES string of the molecule is CC(C)(C)OC(=O)C(c1ccc2ccccc2c1)C(N)C(=O)O. The fourth-order valence-electron chi connectivity index (χ4n) is 2.40. The Morgan fingerprint density at radius 3 is 2.26 bits per heavy atom. The molecule has 0 spiro atoms. The van der Waals surface area contributed by atoms with E-state index in [0.29, 0.717) is 5.56 Å². The van der Waals surface area contributed by atoms with Gasteiger partial charge in [0.2, 0.25) is 0 Å². The highest BCUT2D eigenvalue weighted by molar-refractivity contribution is 5.90. The molecule has 0 aromatic heterocycles. The molecule has 2 atom stereocenters. The minimum atomic E-state index is -1.37. The smallest absolute Gasteiger partial charge is 0.321 e. The zero-order chi connectivity index (χ0) is 17.2. The standard InChI is InChI=1S/C18H21NO4/c1-18(2,3)23-17(22)14(15(19)16(20)21)13-9-8-11-6-4-5-7-12(11)10-13/h4-10,14-15H,19H2,1-3H3,(H,20,21). The Morgan fingerprint density at radius 2 is 1.70 bits per heavy atom. The average Bonchev–Trinajstić information content (AvgIpc) is 2.45. The van der Waals surface area contributed by atoms with E-state index in [1.165, 1.54) is 0 Å². The number of aliphatic carboxylic acids is 1. The van der Waals surface area contributed by atoms with Crippen LogP contribution in [0, 0.1) is 0 Å². The van der Waals surface area contributed by atoms with Gasteiger partial charge in [0.05, 0.1) is 0 Å². The van der Waals surface area contributed by atoms with Crippen molar-refractivity contribution < 1.29 is 19.4 Å². The normalized spacial score (nSPS) is 14.3. The Hall–Kier alpha value is -2.40. The Balaban J connectivity index is 2.46. The monoisotopic (exact) mass is 315 g/mol. The number of esters is 1. The molecular formula is C18H21NO4. The van der Waals surface area contributed by atoms with E-state index in [2.05, 4.69) is 0 Å². The highest BCUT2D eigenvalue weighted by Crippen LogP contribution is 2.27. The molecule has 2 rings (SSSR count). The lowest BCUT2D eigenvalue weighted by Gasteiger charge is -2.26. The van der Waals surface area contributed by atoms with Crippen LogP contribution in [-0.4, -0.2) is 28.7 Å². The van der Waals surface area contributed by atoms with Crippen LogP contribution in [0.3, 0.4) is 0 Å². The van der Waals surface area contributed by atoms with Gasteiger partial charge in [-0.2, -0.15) is 0 Å². The van der Waals surface area contributed by atoms with E-state index in [4.69, 9.17) is 10.5 Å². The van der Waals surface area contributed by atoms with Gasteiger partial charge >= 0.3 is 11.9 Å². The summed E-state index contributed by atoms with van der Waals surface area (Å²) in [5.74, 6) is -2.94. The van der Waals surface area contributed by atoms with Crippen LogP contribution in [0.4, 0.5) is 0 Å². The first-order valence-electron chi connectivity index (χ1n) is 7.39. The molecule has 0 saturated heterocycles. The molecule has 3 N–H and O–H groups in total. The van der Waals surface area contributed by atoms with Gasteiger partial charge in [0.25, 0.3) is 0 Å². The Bertz CT molecular complexity index is 733. The zero-order valence-electron chi connectivity index (χ0n) is 13.4. The third-order valence-electron chi connectivity index (χ3n) is 3.44. The topological polar surface area (TPSA) is 89.6 Å². The number of fused-ring (bicyclic) bond motifs is 1. The predicted octanol–water partition coefficient (Wildman–Crippen LogP) is 2.68. The lowest BCUT2D eigenvalue weighted by Crippen LogP contribution is -2.42. The Morgan fingerprint density at radius 1 is 1.09 bits per heavy atom. The highest BCUT2D eigenvalue weighted by Gasteiger charge is 2.35. The number of nitrogens with two attached hydrogens (primary N) is 1. The van der Waals surface area contributed by atoms with Crippen molar-refractivity contribution in [1.82, 2.24) is 0 Å². The number of rotatable bonds is 4. The van der Waals surface area contributed by atoms with Crippen LogP contribution in [0.1, 0.15) is 32.3 Å². The van der Waals surface area contributed by atoms with E-state index in [9.17, 15) is 14.7 Å². The number of benzene rings is 2. The van der Waals surface area contributed by atoms with Crippen LogP contribution in [0.25, 0.3) is 10.8 Å². The maximum absolute atomic E-state index is 12.5. The van der Waals surface area contributed by atoms with Gasteiger partial charge in [-0.25, -0.2) is 0 Å². The Labute approximate surface area is 135 Å². The molecule has 0 heterocycles. The first-order valence-corrected chi connectivity index (χ1v) is 7.39. The van der Waals surface area contributed by atoms with Gasteiger partial charge in [0.15, 0.2) is 0 Å². The predicted molar refractivity (Wildman–Crippen MR) is 88.1 cm³/mol. The van der Waals surface area contributed by atoms with Crippen LogP contribution >= 0.6 is 0 Å². The van der Waals surface area contributed by atoms with Crippen molar-refractivity contribution in [1.29, 1.82) is 0 Å². The number of carboxylic acid groups (broad SMARTS) is 1. The maximum Gasteiger partial charge on any atom is 0.321 e. The first-order chi connectivity index (χ1) is 10.7. The summed E-state index contributed by atoms with van der Waals surface area (Å²) in [6.45, 7) is 5.19. The van der Waals surface area contributed by atoms with E-state index in [0.717, 1.165) is 10.8 Å². The minimum absolute atomic E-state index is 0.535. The van der Waals surface area contributed by atoms with Gasteiger partial charge in [-0.3, -0.25) is 9.59 Å². The van der Waals surface area contributed by atoms with E-state index < -0.39 is 29.5 Å². The number of carbonyl (C=O) groups is 2. The highest BCUT2D eigenvalue weighted by atomic mass is 16.6. The summed E-state index contributed by atoms with van der Waals surface area (Å²) >= 11 is 0. The van der Waals surface area contributed by atoms with Crippen molar-refractivity contribution >= 4 is 22.7 Å². The number of hydrogen-bond acceptors (Lipinski definition) is 4. The van der Waals surface area contributed by atoms with E-state index in [1.807, 2.05) is 30.3 Å². The van der Waals surface area contributed by atoms with Crippen molar-refractivity contribution in [3.05, 3.63) is 48.0 Å². The summed E-state index contributed by atoms with van der Waals surface area (Å²) in [5.41, 5.74) is 5.57. The van der Waals surface area contributed by atoms with Gasteiger partial charge in [0, 0.05) is 0 Å². The summed E-state index contributed by atoms with van der Waals surface area (Å²) in [5, 5.41) is 11.2. The molecular weight excluding hydrogens is 294 g/mol. The molecule has 0 fully saturated rings. The van der Waals surface area contributed by atoms with E-state index in [-0.39, 0.29) is 0 Å². The fraction of sp³-hybridized carbons (Fsp3) is 0.333. The van der Waals surface area contributed by atoms with Crippen molar-refractivity contribution in [2.24, 2.45) is 5.73 Å². The lowest BCUT2D eigenvalue weighted by atomic mass is 9.90. The zero-order valence-corrected chi connectivity index (χ0v) is 13.4. The van der Waals surface area contributed by atoms with E-state index >= 15 is 0 Å². The van der Waals surface area contributed by atoms with Crippen LogP contribution in [-0.2, 0) is 14.3 Å². The summed E-state index contributed by atoms with van der Waals surface area (Å²) in [6.07, 6.45) is 0. The molecule has 5 nitrogen and oxygen atoms in total. The molecule has 23 heavy (non-hydrogen) atoms. The van der Waals surface area contributed by atoms with Crippen molar-refractivity contribution in [2.75, 3.05) is 0 Å². The molecule has 122 valence electrons. The number of hydrogen-bond donors (Lipinski definition) is 2. The third-order valence-corrected chi connectivity index (χ3v) is 3.44. The van der Waals surface area contributed by atoms with Crippen LogP contribution in [0.5, 0.6) is 0 Å². The quantitative estimate of drug-likeness (QED) is 0.847. The van der Waals surface area contributed by atoms with Gasteiger partial charge in [-0.15, -0.1) is 0 Å². The van der Waals surface area contributed by atoms with Crippen LogP contribution in [0.15, 0.2) is 42.5 Å². The third kappa shape index (κ3) is 4.07. The van der Waals surface area contributed by atoms with Crippen molar-refractivity contribution in [3.8, 4) is 0 Å². The minimum Gasteiger partial charge on any atom is -0.480 e. The summed E-state index contributed by atoms with van der Waals surface area (Å²) in [7, 11) is 0. The molecule has 2 unspecified atom stereocenters. The number of carboxylic acids is 1. The van der Waals surface area contributed by atoms with Crippen molar-refractivity contribution in [2.45, 2.75) is 38.3 Å². The van der Waals surface area contributed by atoms with Gasteiger partial charge < -0.3 is 15.6 Å². The fourth-order valence-corrected chi connectivity index (χ4v) is 2.40. The molecule has 0 amide bonds. The summed E-state index contributed by atoms with van der Waals surface area (Å²) < 4.78 is 5.36. The summed E-state index contributed by atoms with van der Waals surface area (Å²) in [4.78, 5) is 23.8. The largest absolute Gasteiger partial charge is 0.480 e. The second-order valence-corrected chi connectivity index (χ2v) is 6.48. The van der Waals surface area contributed by atoms with Crippen LogP contribution < -0.4 is 5.73 Å². The maximum atomic E-state index is 12.5. The van der Waals surface area contributed by atoms with Gasteiger partial charge in [-0.05, 0) is 37.1 Å². The van der Waals surface area contributed by atoms with Crippen LogP contribution in [0.2, 0.25) is 0 Å². The molecule has 2 aromatic carbocycles. The second kappa shape index (κ2) is 6.38. The van der Waals surface area contributed by atoms with Gasteiger partial charge in [-0.1, -0.05) is 42.5 Å². The van der Waals surface area contributed by atoms with Crippen molar-refractivity contribution in [3.63, 3.8) is 0 Å². The van der Waals surface area contributed by atoms with Gasteiger partial charge in [0.1, 0.15) is 17.6 Å². The summed E-state index contributed by atoms with van der Waals surface area (Å²) in [6, 6.07) is 11.6. The lowest BCUT2D eigenvalue weighted by molar-refractivity contribution is -0.160. The molecule has 0 saturated carbocycles. The number of carbonyl (C=O) groups excluding carboxylic acids is 1. The molecule has 0 aliphatic rings. The molecule has 0 bridgehead atoms. The first kappa shape index (κ1) is 17.0. The number of ether oxygens (including phenoxy) is 1. The molecule has 0 aliphatic carbocycles. The Kier molecular flexibility index (Phi) is 4.71.